The van der Waals surface area contributed by atoms with Crippen LogP contribution in [0.4, 0.5) is 0 Å². The standard InChI is InChI=1S/C32H44S6Si2/c1-15(2)39(16(3)4,17(5)6)23-13-21-25(35-23)27-29(33-21)31-32(37-27)30-28(38-31)26-22(34-30)14-24(36-26)40(18(7)8,19(9)10)20(11)12/h13-20H,1-12H3. The minimum absolute atomic E-state index is 0.759. The zero-order chi connectivity index (χ0) is 29.0. The zero-order valence-electron chi connectivity index (χ0n) is 26.1. The number of hydrogen-bond acceptors (Lipinski definition) is 6. The quantitative estimate of drug-likeness (QED) is 0.141. The first kappa shape index (κ1) is 30.0. The van der Waals surface area contributed by atoms with E-state index in [1.807, 2.05) is 0 Å². The van der Waals surface area contributed by atoms with Crippen LogP contribution in [-0.4, -0.2) is 16.1 Å². The van der Waals surface area contributed by atoms with Gasteiger partial charge in [-0.3, -0.25) is 0 Å². The molecule has 40 heavy (non-hydrogen) atoms. The van der Waals surface area contributed by atoms with Crippen molar-refractivity contribution >= 4 is 140 Å². The van der Waals surface area contributed by atoms with Gasteiger partial charge < -0.3 is 0 Å². The Morgan fingerprint density at radius 2 is 0.600 bits per heavy atom. The van der Waals surface area contributed by atoms with Crippen molar-refractivity contribution in [3.63, 3.8) is 0 Å². The minimum Gasteiger partial charge on any atom is -0.142 e. The van der Waals surface area contributed by atoms with Crippen LogP contribution in [0.2, 0.25) is 33.2 Å². The van der Waals surface area contributed by atoms with Gasteiger partial charge in [0.15, 0.2) is 0 Å². The fraction of sp³-hybridized carbons (Fsp3) is 0.562. The molecule has 0 aliphatic rings. The maximum absolute atomic E-state index is 2.64. The third-order valence-electron chi connectivity index (χ3n) is 10.3. The molecule has 0 aliphatic carbocycles. The highest BCUT2D eigenvalue weighted by Crippen LogP contribution is 2.56. The molecule has 0 radical (unpaired) electrons. The van der Waals surface area contributed by atoms with Crippen molar-refractivity contribution < 1.29 is 0 Å². The summed E-state index contributed by atoms with van der Waals surface area (Å²) in [6.07, 6.45) is 0. The summed E-state index contributed by atoms with van der Waals surface area (Å²) in [7, 11) is -3.25. The lowest BCUT2D eigenvalue weighted by Gasteiger charge is -2.42. The molecule has 6 rings (SSSR count). The monoisotopic (exact) mass is 676 g/mol. The Morgan fingerprint density at radius 1 is 0.350 bits per heavy atom. The van der Waals surface area contributed by atoms with Crippen molar-refractivity contribution in [2.24, 2.45) is 0 Å². The van der Waals surface area contributed by atoms with Crippen LogP contribution < -0.4 is 9.00 Å². The first-order valence-corrected chi connectivity index (χ1v) is 24.4. The molecular weight excluding hydrogens is 633 g/mol. The number of hydrogen-bond donors (Lipinski definition) is 0. The van der Waals surface area contributed by atoms with E-state index in [0.29, 0.717) is 0 Å². The number of fused-ring (bicyclic) bond motifs is 9. The summed E-state index contributed by atoms with van der Waals surface area (Å²) in [6.45, 7) is 30.0. The molecule has 0 saturated heterocycles. The summed E-state index contributed by atoms with van der Waals surface area (Å²) >= 11 is 12.7. The third kappa shape index (κ3) is 3.85. The Morgan fingerprint density at radius 3 is 0.875 bits per heavy atom. The van der Waals surface area contributed by atoms with Crippen molar-refractivity contribution in [2.45, 2.75) is 116 Å². The highest BCUT2D eigenvalue weighted by atomic mass is 32.1. The average Bonchev–Trinajstić information content (AvgIpc) is 3.61. The van der Waals surface area contributed by atoms with Crippen LogP contribution in [0.5, 0.6) is 0 Å². The zero-order valence-corrected chi connectivity index (χ0v) is 33.0. The minimum atomic E-state index is -1.62. The first-order chi connectivity index (χ1) is 18.8. The van der Waals surface area contributed by atoms with Crippen molar-refractivity contribution in [1.82, 2.24) is 0 Å². The molecule has 0 amide bonds. The fourth-order valence-electron chi connectivity index (χ4n) is 8.95. The topological polar surface area (TPSA) is 0 Å². The molecule has 0 saturated carbocycles. The van der Waals surface area contributed by atoms with Gasteiger partial charge in [-0.15, -0.1) is 68.0 Å². The second kappa shape index (κ2) is 10.2. The lowest BCUT2D eigenvalue weighted by Crippen LogP contribution is -2.54. The SMILES string of the molecule is CC(C)[Si](c1cc2sc3c(sc4c5sc6cc([Si](C(C)C)(C(C)C)C(C)C)sc6c5sc34)c2s1)(C(C)C)C(C)C. The average molecular weight is 677 g/mol. The van der Waals surface area contributed by atoms with Crippen LogP contribution in [0.25, 0.3) is 47.0 Å². The van der Waals surface area contributed by atoms with Crippen LogP contribution in [0.15, 0.2) is 12.1 Å². The van der Waals surface area contributed by atoms with Gasteiger partial charge in [-0.25, -0.2) is 0 Å². The molecule has 0 spiro atoms. The molecule has 6 aromatic heterocycles. The van der Waals surface area contributed by atoms with Crippen molar-refractivity contribution in [3.8, 4) is 0 Å². The Bertz CT molecular complexity index is 1660. The molecule has 0 aliphatic heterocycles. The molecule has 0 bridgehead atoms. The van der Waals surface area contributed by atoms with Crippen molar-refractivity contribution in [3.05, 3.63) is 12.1 Å². The van der Waals surface area contributed by atoms with E-state index in [2.05, 4.69) is 163 Å². The van der Waals surface area contributed by atoms with Gasteiger partial charge in [-0.1, -0.05) is 83.1 Å². The van der Waals surface area contributed by atoms with Gasteiger partial charge >= 0.3 is 0 Å². The normalized spacial score (nSPS) is 14.3. The summed E-state index contributed by atoms with van der Waals surface area (Å²) in [5, 5.41) is 0. The van der Waals surface area contributed by atoms with E-state index in [1.54, 1.807) is 56.0 Å². The van der Waals surface area contributed by atoms with E-state index in [1.165, 1.54) is 0 Å². The van der Waals surface area contributed by atoms with Crippen LogP contribution in [0, 0.1) is 0 Å². The Kier molecular flexibility index (Phi) is 7.68. The third-order valence-corrected chi connectivity index (χ3v) is 34.3. The second-order valence-corrected chi connectivity index (χ2v) is 32.5. The molecule has 0 N–H and O–H groups in total. The molecule has 0 fully saturated rings. The molecule has 8 heteroatoms. The van der Waals surface area contributed by atoms with E-state index < -0.39 is 16.1 Å². The molecule has 0 nitrogen and oxygen atoms in total. The maximum atomic E-state index is 2.64. The highest BCUT2D eigenvalue weighted by molar-refractivity contribution is 7.51. The summed E-state index contributed by atoms with van der Waals surface area (Å²) < 4.78 is 19.1. The predicted octanol–water partition coefficient (Wildman–Crippen LogP) is 13.6. The Balaban J connectivity index is 1.52. The fourth-order valence-corrected chi connectivity index (χ4v) is 36.0. The largest absolute Gasteiger partial charge is 0.142 e. The van der Waals surface area contributed by atoms with E-state index >= 15 is 0 Å². The van der Waals surface area contributed by atoms with Crippen LogP contribution in [0.3, 0.4) is 0 Å². The van der Waals surface area contributed by atoms with Gasteiger partial charge in [0, 0.05) is 9.40 Å². The number of thiophene rings is 6. The predicted molar refractivity (Wildman–Crippen MR) is 203 cm³/mol. The van der Waals surface area contributed by atoms with Gasteiger partial charge in [0.2, 0.25) is 0 Å². The summed E-state index contributed by atoms with van der Waals surface area (Å²) in [5.74, 6) is 0. The molecule has 6 heterocycles. The van der Waals surface area contributed by atoms with Crippen molar-refractivity contribution in [2.75, 3.05) is 0 Å². The second-order valence-electron chi connectivity index (χ2n) is 13.8. The van der Waals surface area contributed by atoms with E-state index in [4.69, 9.17) is 0 Å². The van der Waals surface area contributed by atoms with Gasteiger partial charge in [0.1, 0.15) is 16.1 Å². The van der Waals surface area contributed by atoms with Crippen molar-refractivity contribution in [1.29, 1.82) is 0 Å². The van der Waals surface area contributed by atoms with E-state index in [9.17, 15) is 0 Å². The van der Waals surface area contributed by atoms with Gasteiger partial charge in [-0.05, 0) is 54.4 Å². The summed E-state index contributed by atoms with van der Waals surface area (Å²) in [5.41, 5.74) is 4.56. The molecule has 0 unspecified atom stereocenters. The molecule has 216 valence electrons. The highest BCUT2D eigenvalue weighted by Gasteiger charge is 2.47. The Labute approximate surface area is 266 Å². The van der Waals surface area contributed by atoms with Crippen LogP contribution >= 0.6 is 68.0 Å². The Hall–Kier alpha value is -0.0662. The van der Waals surface area contributed by atoms with Crippen LogP contribution in [-0.2, 0) is 0 Å². The summed E-state index contributed by atoms with van der Waals surface area (Å²) in [6, 6.07) is 5.28. The molecule has 6 aromatic rings. The molecular formula is C32H44S6Si2. The van der Waals surface area contributed by atoms with Gasteiger partial charge in [0.25, 0.3) is 0 Å². The van der Waals surface area contributed by atoms with Gasteiger partial charge in [0.05, 0.1) is 37.6 Å². The van der Waals surface area contributed by atoms with Gasteiger partial charge in [-0.2, -0.15) is 0 Å². The molecule has 0 atom stereocenters. The molecule has 0 aromatic carbocycles. The lowest BCUT2D eigenvalue weighted by molar-refractivity contribution is 0.837. The lowest BCUT2D eigenvalue weighted by atomic mass is 10.4. The van der Waals surface area contributed by atoms with E-state index in [0.717, 1.165) is 33.2 Å². The smallest absolute Gasteiger partial charge is 0.107 e. The maximum Gasteiger partial charge on any atom is 0.107 e. The van der Waals surface area contributed by atoms with E-state index in [-0.39, 0.29) is 0 Å². The first-order valence-electron chi connectivity index (χ1n) is 15.0. The number of rotatable bonds is 8. The van der Waals surface area contributed by atoms with Crippen LogP contribution in [0.1, 0.15) is 83.1 Å². The summed E-state index contributed by atoms with van der Waals surface area (Å²) in [4.78, 5) is 0.